The molecule has 15 heavy (non-hydrogen) atoms. The first-order chi connectivity index (χ1) is 6.12. The second-order valence-corrected chi connectivity index (χ2v) is 9.75. The molecule has 2 fully saturated rings. The van der Waals surface area contributed by atoms with Gasteiger partial charge in [0, 0.05) is 37.6 Å². The molecular weight excluding hydrogens is 260 g/mol. The monoisotopic (exact) mass is 284 g/mol. The third kappa shape index (κ3) is 6.04. The van der Waals surface area contributed by atoms with Gasteiger partial charge in [-0.05, 0) is 13.8 Å². The molecule has 0 radical (unpaired) electrons. The second-order valence-electron chi connectivity index (χ2n) is 4.29. The molecule has 2 aliphatic rings. The van der Waals surface area contributed by atoms with E-state index in [0.29, 0.717) is 9.49 Å². The molecular formula is C11H24S4. The van der Waals surface area contributed by atoms with Crippen LogP contribution in [-0.2, 0) is 0 Å². The first kappa shape index (κ1) is 16.4. The van der Waals surface area contributed by atoms with Crippen molar-refractivity contribution in [3.63, 3.8) is 0 Å². The molecule has 0 spiro atoms. The normalized spacial score (nSPS) is 36.4. The number of hydrogen-bond donors (Lipinski definition) is 0. The fourth-order valence-corrected chi connectivity index (χ4v) is 5.31. The first-order valence-electron chi connectivity index (χ1n) is 4.55. The fraction of sp³-hybridized carbons (Fsp3) is 1.00. The summed E-state index contributed by atoms with van der Waals surface area (Å²) in [4.78, 5) is 0. The van der Waals surface area contributed by atoms with Gasteiger partial charge in [0.25, 0.3) is 0 Å². The third-order valence-corrected chi connectivity index (χ3v) is 8.47. The molecule has 0 aliphatic carbocycles. The van der Waals surface area contributed by atoms with E-state index in [-0.39, 0.29) is 14.9 Å². The van der Waals surface area contributed by atoms with E-state index in [4.69, 9.17) is 0 Å². The Kier molecular flexibility index (Phi) is 6.96. The van der Waals surface area contributed by atoms with Crippen molar-refractivity contribution >= 4 is 47.0 Å². The quantitative estimate of drug-likeness (QED) is 0.394. The summed E-state index contributed by atoms with van der Waals surface area (Å²) < 4.78 is 1.31. The van der Waals surface area contributed by atoms with Crippen molar-refractivity contribution in [1.29, 1.82) is 0 Å². The van der Waals surface area contributed by atoms with Gasteiger partial charge in [-0.1, -0.05) is 14.9 Å². The maximum Gasteiger partial charge on any atom is 0.0393 e. The minimum absolute atomic E-state index is 0. The van der Waals surface area contributed by atoms with Gasteiger partial charge in [0.1, 0.15) is 0 Å². The highest BCUT2D eigenvalue weighted by atomic mass is 32.2. The highest BCUT2D eigenvalue weighted by molar-refractivity contribution is 8.17. The summed E-state index contributed by atoms with van der Waals surface area (Å²) in [5.41, 5.74) is 0. The molecule has 2 heterocycles. The van der Waals surface area contributed by atoms with Crippen LogP contribution in [0, 0.1) is 0 Å². The summed E-state index contributed by atoms with van der Waals surface area (Å²) >= 11 is 8.47. The lowest BCUT2D eigenvalue weighted by Gasteiger charge is -2.07. The largest absolute Gasteiger partial charge is 0.152 e. The van der Waals surface area contributed by atoms with Gasteiger partial charge in [-0.2, -0.15) is 23.5 Å². The summed E-state index contributed by atoms with van der Waals surface area (Å²) in [5.74, 6) is 5.49. The van der Waals surface area contributed by atoms with Crippen LogP contribution in [0.2, 0.25) is 0 Å². The number of thioether (sulfide) groups is 4. The molecule has 2 rings (SSSR count). The van der Waals surface area contributed by atoms with Crippen LogP contribution in [0.15, 0.2) is 0 Å². The van der Waals surface area contributed by atoms with E-state index in [1.807, 2.05) is 0 Å². The number of hydrogen-bond acceptors (Lipinski definition) is 4. The van der Waals surface area contributed by atoms with Crippen molar-refractivity contribution in [2.45, 2.75) is 38.2 Å². The predicted molar refractivity (Wildman–Crippen MR) is 85.0 cm³/mol. The lowest BCUT2D eigenvalue weighted by atomic mass is 10.3. The Bertz CT molecular complexity index is 165. The molecule has 2 unspecified atom stereocenters. The van der Waals surface area contributed by atoms with Gasteiger partial charge in [-0.3, -0.25) is 0 Å². The van der Waals surface area contributed by atoms with E-state index in [2.05, 4.69) is 60.9 Å². The molecule has 2 aliphatic heterocycles. The van der Waals surface area contributed by atoms with Gasteiger partial charge >= 0.3 is 0 Å². The van der Waals surface area contributed by atoms with Gasteiger partial charge < -0.3 is 0 Å². The standard InChI is InChI=1S/C9H16S4.2CH4/c1-8(5-12-8)3-10-7-11-4-9(2)6-13-9;;/h3-7H2,1-2H3;2*1H4. The van der Waals surface area contributed by atoms with Crippen molar-refractivity contribution in [2.75, 3.05) is 28.1 Å². The summed E-state index contributed by atoms with van der Waals surface area (Å²) in [5, 5.41) is 1.30. The summed E-state index contributed by atoms with van der Waals surface area (Å²) in [6.07, 6.45) is 0. The van der Waals surface area contributed by atoms with Gasteiger partial charge in [0.15, 0.2) is 0 Å². The van der Waals surface area contributed by atoms with E-state index < -0.39 is 0 Å². The zero-order chi connectivity index (χ0) is 9.36. The highest BCUT2D eigenvalue weighted by Gasteiger charge is 2.39. The van der Waals surface area contributed by atoms with Crippen molar-refractivity contribution in [1.82, 2.24) is 0 Å². The topological polar surface area (TPSA) is 0 Å². The molecule has 2 atom stereocenters. The van der Waals surface area contributed by atoms with E-state index in [1.54, 1.807) is 0 Å². The summed E-state index contributed by atoms with van der Waals surface area (Å²) in [6.45, 7) is 4.76. The maximum atomic E-state index is 2.38. The Labute approximate surface area is 113 Å². The first-order valence-corrected chi connectivity index (χ1v) is 8.84. The molecule has 4 heteroatoms. The van der Waals surface area contributed by atoms with Crippen LogP contribution in [0.4, 0.5) is 0 Å². The SMILES string of the molecule is C.C.CC1(CSCSCC2(C)CS2)CS1. The van der Waals surface area contributed by atoms with Crippen LogP contribution in [0.3, 0.4) is 0 Å². The summed E-state index contributed by atoms with van der Waals surface area (Å²) in [6, 6.07) is 0. The van der Waals surface area contributed by atoms with E-state index in [0.717, 1.165) is 0 Å². The molecule has 0 aromatic rings. The van der Waals surface area contributed by atoms with Crippen LogP contribution in [-0.4, -0.2) is 37.6 Å². The molecule has 0 bridgehead atoms. The lowest BCUT2D eigenvalue weighted by molar-refractivity contribution is 0.919. The molecule has 0 N–H and O–H groups in total. The molecule has 0 saturated carbocycles. The van der Waals surface area contributed by atoms with Gasteiger partial charge in [-0.25, -0.2) is 0 Å². The molecule has 2 saturated heterocycles. The molecule has 0 aromatic heterocycles. The van der Waals surface area contributed by atoms with Gasteiger partial charge in [0.2, 0.25) is 0 Å². The molecule has 0 aromatic carbocycles. The van der Waals surface area contributed by atoms with Crippen LogP contribution < -0.4 is 0 Å². The molecule has 0 amide bonds. The fourth-order valence-electron chi connectivity index (χ4n) is 0.987. The lowest BCUT2D eigenvalue weighted by Crippen LogP contribution is -2.08. The van der Waals surface area contributed by atoms with E-state index >= 15 is 0 Å². The van der Waals surface area contributed by atoms with Crippen molar-refractivity contribution in [3.05, 3.63) is 0 Å². The second kappa shape index (κ2) is 6.36. The summed E-state index contributed by atoms with van der Waals surface area (Å²) in [7, 11) is 0. The average Bonchev–Trinajstić information content (AvgIpc) is 2.95. The Morgan fingerprint density at radius 2 is 1.27 bits per heavy atom. The highest BCUT2D eigenvalue weighted by Crippen LogP contribution is 2.48. The van der Waals surface area contributed by atoms with Crippen LogP contribution in [0.1, 0.15) is 28.7 Å². The van der Waals surface area contributed by atoms with Crippen molar-refractivity contribution in [2.24, 2.45) is 0 Å². The molecule has 92 valence electrons. The smallest absolute Gasteiger partial charge is 0.0393 e. The average molecular weight is 285 g/mol. The van der Waals surface area contributed by atoms with Crippen LogP contribution in [0.25, 0.3) is 0 Å². The van der Waals surface area contributed by atoms with E-state index in [9.17, 15) is 0 Å². The van der Waals surface area contributed by atoms with Crippen molar-refractivity contribution in [3.8, 4) is 0 Å². The zero-order valence-corrected chi connectivity index (χ0v) is 11.4. The maximum absolute atomic E-state index is 2.38. The van der Waals surface area contributed by atoms with Crippen LogP contribution in [0.5, 0.6) is 0 Å². The van der Waals surface area contributed by atoms with Gasteiger partial charge in [-0.15, -0.1) is 23.5 Å². The van der Waals surface area contributed by atoms with E-state index in [1.165, 1.54) is 28.1 Å². The Morgan fingerprint density at radius 3 is 1.53 bits per heavy atom. The minimum atomic E-state index is 0. The third-order valence-electron chi connectivity index (χ3n) is 2.26. The predicted octanol–water partition coefficient (Wildman–Crippen LogP) is 4.69. The van der Waals surface area contributed by atoms with Crippen molar-refractivity contribution < 1.29 is 0 Å². The zero-order valence-electron chi connectivity index (χ0n) is 8.17. The van der Waals surface area contributed by atoms with Gasteiger partial charge in [0.05, 0.1) is 0 Å². The minimum Gasteiger partial charge on any atom is -0.152 e. The Balaban J connectivity index is 0.000000980. The molecule has 0 nitrogen and oxygen atoms in total. The Morgan fingerprint density at radius 1 is 0.933 bits per heavy atom. The van der Waals surface area contributed by atoms with Crippen LogP contribution >= 0.6 is 47.0 Å². The Hall–Kier alpha value is 1.40. The number of rotatable bonds is 6.